The number of hydrogen-bond acceptors (Lipinski definition) is 8. The zero-order chi connectivity index (χ0) is 31.9. The van der Waals surface area contributed by atoms with Gasteiger partial charge in [0.1, 0.15) is 10.0 Å². The largest absolute Gasteiger partial charge is 0.245 e. The van der Waals surface area contributed by atoms with Crippen molar-refractivity contribution < 1.29 is 0 Å². The summed E-state index contributed by atoms with van der Waals surface area (Å²) in [5.41, 5.74) is 2.97. The molecule has 240 valence electrons. The Morgan fingerprint density at radius 2 is 0.978 bits per heavy atom. The minimum atomic E-state index is 1.08. The van der Waals surface area contributed by atoms with Crippen LogP contribution < -0.4 is 0 Å². The van der Waals surface area contributed by atoms with Crippen LogP contribution in [0, 0.1) is 13.8 Å². The van der Waals surface area contributed by atoms with Gasteiger partial charge in [-0.3, -0.25) is 0 Å². The van der Waals surface area contributed by atoms with Crippen molar-refractivity contribution in [2.45, 2.75) is 91.9 Å². The number of aliphatic imine (C=N–C) groups is 2. The Morgan fingerprint density at radius 1 is 0.522 bits per heavy atom. The highest BCUT2D eigenvalue weighted by atomic mass is 32.1. The Labute approximate surface area is 298 Å². The first-order valence-electron chi connectivity index (χ1n) is 16.5. The first-order valence-corrected chi connectivity index (χ1v) is 21.4. The Balaban J connectivity index is 1.27. The number of fused-ring (bicyclic) bond motifs is 1. The van der Waals surface area contributed by atoms with Gasteiger partial charge in [0.15, 0.2) is 0 Å². The summed E-state index contributed by atoms with van der Waals surface area (Å²) in [7, 11) is 0. The molecule has 6 rings (SSSR count). The van der Waals surface area contributed by atoms with Crippen molar-refractivity contribution in [3.8, 4) is 19.5 Å². The van der Waals surface area contributed by atoms with Gasteiger partial charge < -0.3 is 0 Å². The summed E-state index contributed by atoms with van der Waals surface area (Å²) in [5, 5.41) is 2.16. The van der Waals surface area contributed by atoms with Crippen molar-refractivity contribution in [2.75, 3.05) is 0 Å². The molecule has 0 aliphatic rings. The van der Waals surface area contributed by atoms with Gasteiger partial charge in [0, 0.05) is 60.8 Å². The monoisotopic (exact) mass is 718 g/mol. The molecule has 6 aromatic heterocycles. The lowest BCUT2D eigenvalue weighted by Gasteiger charge is -2.02. The highest BCUT2D eigenvalue weighted by molar-refractivity contribution is 7.33. The molecular formula is C38H42N2S6. The minimum Gasteiger partial charge on any atom is -0.245 e. The van der Waals surface area contributed by atoms with E-state index in [4.69, 9.17) is 9.98 Å². The van der Waals surface area contributed by atoms with Crippen molar-refractivity contribution in [1.82, 2.24) is 0 Å². The fourth-order valence-corrected chi connectivity index (χ4v) is 11.8. The van der Waals surface area contributed by atoms with Gasteiger partial charge in [-0.2, -0.15) is 0 Å². The van der Waals surface area contributed by atoms with Crippen molar-refractivity contribution in [1.29, 1.82) is 0 Å². The molecular weight excluding hydrogens is 677 g/mol. The maximum atomic E-state index is 4.81. The van der Waals surface area contributed by atoms with Crippen LogP contribution in [0.4, 0.5) is 10.0 Å². The smallest absolute Gasteiger partial charge is 0.116 e. The average Bonchev–Trinajstić information content (AvgIpc) is 3.88. The van der Waals surface area contributed by atoms with Gasteiger partial charge in [-0.1, -0.05) is 52.4 Å². The second kappa shape index (κ2) is 16.3. The summed E-state index contributed by atoms with van der Waals surface area (Å²) < 4.78 is 2.80. The summed E-state index contributed by atoms with van der Waals surface area (Å²) in [5.74, 6) is 0. The first kappa shape index (κ1) is 33.7. The molecule has 46 heavy (non-hydrogen) atoms. The molecule has 0 aliphatic carbocycles. The minimum absolute atomic E-state index is 1.08. The van der Waals surface area contributed by atoms with Gasteiger partial charge in [-0.05, 0) is 99.2 Å². The molecule has 0 aliphatic heterocycles. The standard InChI is InChI=1S/C38H42N2S6/c1-5-7-9-11-13-27-19-29(23-39-35-17-15-25(3)41-35)43-37(27)33-21-31-32(45-33)22-34(46-31)38-28(14-12-10-8-6-2)20-30(44-38)24-40-36-18-16-26(4)42-36/h15-24H,5-14H2,1-4H3. The molecule has 0 unspecified atom stereocenters. The van der Waals surface area contributed by atoms with Crippen LogP contribution in [0.15, 0.2) is 58.5 Å². The zero-order valence-electron chi connectivity index (χ0n) is 27.2. The molecule has 6 heterocycles. The quantitative estimate of drug-likeness (QED) is 0.0703. The molecule has 0 atom stereocenters. The highest BCUT2D eigenvalue weighted by Crippen LogP contribution is 2.47. The van der Waals surface area contributed by atoms with E-state index in [1.807, 2.05) is 45.3 Å². The predicted octanol–water partition coefficient (Wildman–Crippen LogP) is 14.9. The van der Waals surface area contributed by atoms with Crippen LogP contribution in [-0.2, 0) is 12.8 Å². The van der Waals surface area contributed by atoms with Crippen molar-refractivity contribution in [3.05, 3.63) is 79.2 Å². The number of hydrogen-bond donors (Lipinski definition) is 0. The van der Waals surface area contributed by atoms with Gasteiger partial charge in [-0.15, -0.1) is 68.0 Å². The molecule has 0 N–H and O–H groups in total. The Hall–Kier alpha value is -2.20. The van der Waals surface area contributed by atoms with E-state index in [1.165, 1.54) is 111 Å². The van der Waals surface area contributed by atoms with Crippen molar-refractivity contribution in [2.24, 2.45) is 9.98 Å². The third-order valence-electron chi connectivity index (χ3n) is 8.00. The molecule has 0 amide bonds. The predicted molar refractivity (Wildman–Crippen MR) is 215 cm³/mol. The topological polar surface area (TPSA) is 24.7 Å². The summed E-state index contributed by atoms with van der Waals surface area (Å²) in [6, 6.07) is 18.2. The van der Waals surface area contributed by atoms with Crippen LogP contribution in [0.3, 0.4) is 0 Å². The molecule has 0 radical (unpaired) electrons. The van der Waals surface area contributed by atoms with Crippen LogP contribution in [-0.4, -0.2) is 12.4 Å². The third-order valence-corrected chi connectivity index (χ3v) is 14.7. The molecule has 0 spiro atoms. The normalized spacial score (nSPS) is 12.2. The molecule has 0 fully saturated rings. The van der Waals surface area contributed by atoms with Crippen LogP contribution in [0.25, 0.3) is 28.9 Å². The molecule has 0 saturated heterocycles. The summed E-state index contributed by atoms with van der Waals surface area (Å²) in [4.78, 5) is 20.4. The van der Waals surface area contributed by atoms with E-state index in [2.05, 4.69) is 88.7 Å². The van der Waals surface area contributed by atoms with E-state index in [9.17, 15) is 0 Å². The van der Waals surface area contributed by atoms with E-state index in [0.29, 0.717) is 0 Å². The molecule has 0 saturated carbocycles. The zero-order valence-corrected chi connectivity index (χ0v) is 32.1. The maximum absolute atomic E-state index is 4.81. The van der Waals surface area contributed by atoms with Gasteiger partial charge >= 0.3 is 0 Å². The molecule has 8 heteroatoms. The third kappa shape index (κ3) is 8.63. The van der Waals surface area contributed by atoms with Crippen LogP contribution in [0.2, 0.25) is 0 Å². The summed E-state index contributed by atoms with van der Waals surface area (Å²) >= 11 is 11.2. The van der Waals surface area contributed by atoms with Crippen molar-refractivity contribution in [3.63, 3.8) is 0 Å². The molecule has 6 aromatic rings. The average molecular weight is 719 g/mol. The van der Waals surface area contributed by atoms with E-state index < -0.39 is 0 Å². The van der Waals surface area contributed by atoms with Crippen LogP contribution >= 0.6 is 68.0 Å². The molecule has 0 aromatic carbocycles. The molecule has 0 bridgehead atoms. The Bertz CT molecular complexity index is 1750. The lowest BCUT2D eigenvalue weighted by atomic mass is 10.1. The number of nitrogens with zero attached hydrogens (tertiary/aromatic N) is 2. The van der Waals surface area contributed by atoms with Crippen molar-refractivity contribution >= 4 is 99.9 Å². The van der Waals surface area contributed by atoms with Gasteiger partial charge in [-0.25, -0.2) is 9.98 Å². The number of rotatable bonds is 16. The lowest BCUT2D eigenvalue weighted by Crippen LogP contribution is -1.85. The second-order valence-electron chi connectivity index (χ2n) is 11.9. The van der Waals surface area contributed by atoms with Gasteiger partial charge in [0.05, 0.1) is 0 Å². The SMILES string of the molecule is CCCCCCc1cc(C=Nc2ccc(C)s2)sc1-c1cc2sc(-c3sc(C=Nc4ccc(C)s4)cc3CCCCCC)cc2s1. The first-order chi connectivity index (χ1) is 22.5. The van der Waals surface area contributed by atoms with E-state index in [-0.39, 0.29) is 0 Å². The fraction of sp³-hybridized carbons (Fsp3) is 0.368. The Kier molecular flexibility index (Phi) is 11.9. The lowest BCUT2D eigenvalue weighted by molar-refractivity contribution is 0.668. The van der Waals surface area contributed by atoms with Gasteiger partial charge in [0.25, 0.3) is 0 Å². The number of aryl methyl sites for hydroxylation is 4. The number of thiophene rings is 6. The highest BCUT2D eigenvalue weighted by Gasteiger charge is 2.18. The summed E-state index contributed by atoms with van der Waals surface area (Å²) in [6.07, 6.45) is 16.7. The second-order valence-corrected chi connectivity index (χ2v) is 18.7. The van der Waals surface area contributed by atoms with E-state index >= 15 is 0 Å². The summed E-state index contributed by atoms with van der Waals surface area (Å²) in [6.45, 7) is 8.86. The molecule has 2 nitrogen and oxygen atoms in total. The van der Waals surface area contributed by atoms with Gasteiger partial charge in [0.2, 0.25) is 0 Å². The van der Waals surface area contributed by atoms with E-state index in [1.54, 1.807) is 22.7 Å². The fourth-order valence-electron chi connectivity index (χ4n) is 5.60. The van der Waals surface area contributed by atoms with Crippen LogP contribution in [0.5, 0.6) is 0 Å². The van der Waals surface area contributed by atoms with E-state index in [0.717, 1.165) is 22.8 Å². The number of unbranched alkanes of at least 4 members (excludes halogenated alkanes) is 6. The maximum Gasteiger partial charge on any atom is 0.116 e. The Morgan fingerprint density at radius 3 is 1.37 bits per heavy atom. The van der Waals surface area contributed by atoms with Crippen LogP contribution in [0.1, 0.15) is 95.8 Å².